The molecule has 2 heterocycles. The van der Waals surface area contributed by atoms with Crippen molar-refractivity contribution < 1.29 is 23.4 Å². The third-order valence-electron chi connectivity index (χ3n) is 6.20. The Bertz CT molecular complexity index is 723. The van der Waals surface area contributed by atoms with E-state index in [9.17, 15) is 18.7 Å². The highest BCUT2D eigenvalue weighted by atomic mass is 19.3. The van der Waals surface area contributed by atoms with E-state index in [0.29, 0.717) is 25.4 Å². The van der Waals surface area contributed by atoms with Crippen molar-refractivity contribution in [3.8, 4) is 5.75 Å². The molecule has 0 aliphatic carbocycles. The summed E-state index contributed by atoms with van der Waals surface area (Å²) in [6.07, 6.45) is 0.791. The number of β-amino-alcohol motifs (C(OH)–C–C–N with tert-alkyl or cyclic N) is 1. The molecular formula is C22H33F2N3O3. The van der Waals surface area contributed by atoms with Crippen LogP contribution in [-0.4, -0.2) is 79.2 Å². The number of piperidine rings is 1. The fourth-order valence-electron chi connectivity index (χ4n) is 4.23. The van der Waals surface area contributed by atoms with E-state index in [0.717, 1.165) is 31.5 Å². The van der Waals surface area contributed by atoms with Crippen molar-refractivity contribution in [1.29, 1.82) is 0 Å². The molecule has 2 aliphatic heterocycles. The van der Waals surface area contributed by atoms with Crippen LogP contribution in [0.1, 0.15) is 31.7 Å². The molecule has 0 radical (unpaired) electrons. The number of aliphatic hydroxyl groups excluding tert-OH is 1. The summed E-state index contributed by atoms with van der Waals surface area (Å²) in [5.74, 6) is -1.89. The Morgan fingerprint density at radius 1 is 1.23 bits per heavy atom. The fourth-order valence-corrected chi connectivity index (χ4v) is 4.23. The molecule has 1 amide bonds. The van der Waals surface area contributed by atoms with Crippen LogP contribution in [0, 0.1) is 5.41 Å². The van der Waals surface area contributed by atoms with E-state index >= 15 is 0 Å². The van der Waals surface area contributed by atoms with Crippen LogP contribution < -0.4 is 10.1 Å². The summed E-state index contributed by atoms with van der Waals surface area (Å²) in [6.45, 7) is 4.82. The first-order chi connectivity index (χ1) is 14.2. The van der Waals surface area contributed by atoms with Gasteiger partial charge in [0.25, 0.3) is 5.92 Å². The number of aliphatic hydroxyl groups is 1. The summed E-state index contributed by atoms with van der Waals surface area (Å²) in [5.41, 5.74) is 0.580. The minimum atomic E-state index is -2.59. The number of carbonyl (C=O) groups is 1. The van der Waals surface area contributed by atoms with Gasteiger partial charge in [-0.3, -0.25) is 9.69 Å². The maximum Gasteiger partial charge on any atom is 0.261 e. The molecule has 0 saturated carbocycles. The molecule has 2 saturated heterocycles. The first kappa shape index (κ1) is 22.9. The second-order valence-electron chi connectivity index (χ2n) is 8.87. The van der Waals surface area contributed by atoms with Gasteiger partial charge in [0.15, 0.2) is 0 Å². The van der Waals surface area contributed by atoms with Gasteiger partial charge in [-0.1, -0.05) is 19.1 Å². The molecule has 2 aliphatic rings. The highest BCUT2D eigenvalue weighted by Crippen LogP contribution is 2.31. The van der Waals surface area contributed by atoms with Gasteiger partial charge in [0.1, 0.15) is 18.5 Å². The largest absolute Gasteiger partial charge is 0.491 e. The summed E-state index contributed by atoms with van der Waals surface area (Å²) in [4.78, 5) is 15.9. The number of hydrogen-bond donors (Lipinski definition) is 2. The zero-order chi connectivity index (χ0) is 21.8. The lowest BCUT2D eigenvalue weighted by molar-refractivity contribution is -0.132. The van der Waals surface area contributed by atoms with Crippen molar-refractivity contribution >= 4 is 5.91 Å². The summed E-state index contributed by atoms with van der Waals surface area (Å²) in [5, 5.41) is 13.1. The Morgan fingerprint density at radius 3 is 2.57 bits per heavy atom. The average Bonchev–Trinajstić information content (AvgIpc) is 3.06. The monoisotopic (exact) mass is 425 g/mol. The van der Waals surface area contributed by atoms with Crippen LogP contribution in [0.2, 0.25) is 0 Å². The maximum atomic E-state index is 13.4. The summed E-state index contributed by atoms with van der Waals surface area (Å²) < 4.78 is 32.5. The van der Waals surface area contributed by atoms with E-state index in [-0.39, 0.29) is 30.9 Å². The fraction of sp³-hybridized carbons (Fsp3) is 0.682. The molecule has 1 atom stereocenters. The zero-order valence-corrected chi connectivity index (χ0v) is 17.9. The first-order valence-corrected chi connectivity index (χ1v) is 10.6. The summed E-state index contributed by atoms with van der Waals surface area (Å²) in [6, 6.07) is 7.40. The van der Waals surface area contributed by atoms with Crippen molar-refractivity contribution in [1.82, 2.24) is 15.1 Å². The molecule has 8 heteroatoms. The number of benzene rings is 1. The van der Waals surface area contributed by atoms with Crippen molar-refractivity contribution in [2.24, 2.45) is 5.41 Å². The topological polar surface area (TPSA) is 65.0 Å². The third-order valence-corrected chi connectivity index (χ3v) is 6.20. The molecule has 2 N–H and O–H groups in total. The molecule has 0 aromatic heterocycles. The second kappa shape index (κ2) is 9.58. The Labute approximate surface area is 177 Å². The molecule has 2 fully saturated rings. The lowest BCUT2D eigenvalue weighted by Crippen LogP contribution is -2.48. The highest BCUT2D eigenvalue weighted by molar-refractivity contribution is 5.82. The molecule has 168 valence electrons. The molecular weight excluding hydrogens is 392 g/mol. The Morgan fingerprint density at radius 2 is 1.93 bits per heavy atom. The number of carbonyl (C=O) groups excluding carboxylic acids is 1. The number of likely N-dealkylation sites (tertiary alicyclic amines) is 2. The van der Waals surface area contributed by atoms with Gasteiger partial charge in [-0.2, -0.15) is 0 Å². The number of alkyl halides is 2. The van der Waals surface area contributed by atoms with Gasteiger partial charge in [-0.15, -0.1) is 0 Å². The Hall–Kier alpha value is -1.77. The molecule has 1 aromatic rings. The third kappa shape index (κ3) is 6.12. The summed E-state index contributed by atoms with van der Waals surface area (Å²) >= 11 is 0. The molecule has 6 nitrogen and oxygen atoms in total. The van der Waals surface area contributed by atoms with E-state index in [4.69, 9.17) is 4.74 Å². The van der Waals surface area contributed by atoms with E-state index in [1.54, 1.807) is 11.9 Å². The number of rotatable bonds is 8. The lowest BCUT2D eigenvalue weighted by atomic mass is 9.79. The van der Waals surface area contributed by atoms with Gasteiger partial charge in [0.05, 0.1) is 6.54 Å². The van der Waals surface area contributed by atoms with Crippen LogP contribution in [0.4, 0.5) is 8.78 Å². The SMILES string of the molecule is CNC(=O)C1(C)CCN(CC(O)COc2cccc(CN3CCC(F)(F)C3)c2)CC1. The quantitative estimate of drug-likeness (QED) is 0.668. The number of amides is 1. The van der Waals surface area contributed by atoms with Crippen LogP contribution in [0.15, 0.2) is 24.3 Å². The van der Waals surface area contributed by atoms with Crippen LogP contribution in [0.3, 0.4) is 0 Å². The average molecular weight is 426 g/mol. The van der Waals surface area contributed by atoms with Crippen LogP contribution in [0.25, 0.3) is 0 Å². The molecule has 3 rings (SSSR count). The number of halogens is 2. The van der Waals surface area contributed by atoms with Gasteiger partial charge in [-0.05, 0) is 43.6 Å². The van der Waals surface area contributed by atoms with Crippen molar-refractivity contribution in [3.63, 3.8) is 0 Å². The number of ether oxygens (including phenoxy) is 1. The minimum absolute atomic E-state index is 0.0727. The number of nitrogens with one attached hydrogen (secondary N) is 1. The van der Waals surface area contributed by atoms with Crippen LogP contribution in [0.5, 0.6) is 5.75 Å². The van der Waals surface area contributed by atoms with Crippen LogP contribution in [-0.2, 0) is 11.3 Å². The van der Waals surface area contributed by atoms with E-state index in [2.05, 4.69) is 10.2 Å². The van der Waals surface area contributed by atoms with E-state index < -0.39 is 12.0 Å². The maximum absolute atomic E-state index is 13.4. The number of nitrogens with zero attached hydrogens (tertiary/aromatic N) is 2. The predicted octanol–water partition coefficient (Wildman–Crippen LogP) is 2.12. The minimum Gasteiger partial charge on any atom is -0.491 e. The zero-order valence-electron chi connectivity index (χ0n) is 17.9. The normalized spacial score (nSPS) is 22.6. The van der Waals surface area contributed by atoms with E-state index in [1.165, 1.54) is 0 Å². The van der Waals surface area contributed by atoms with Gasteiger partial charge < -0.3 is 20.1 Å². The molecule has 0 spiro atoms. The van der Waals surface area contributed by atoms with E-state index in [1.807, 2.05) is 31.2 Å². The molecule has 0 bridgehead atoms. The van der Waals surface area contributed by atoms with Gasteiger partial charge in [0, 0.05) is 38.5 Å². The van der Waals surface area contributed by atoms with Gasteiger partial charge in [-0.25, -0.2) is 8.78 Å². The molecule has 1 aromatic carbocycles. The standard InChI is InChI=1S/C22H33F2N3O3/c1-21(20(29)25-2)6-9-26(10-7-21)14-18(28)15-30-19-5-3-4-17(12-19)13-27-11-8-22(23,24)16-27/h3-5,12,18,28H,6-11,13-16H2,1-2H3,(H,25,29). The van der Waals surface area contributed by atoms with Crippen molar-refractivity contribution in [2.75, 3.05) is 46.4 Å². The van der Waals surface area contributed by atoms with Crippen LogP contribution >= 0.6 is 0 Å². The first-order valence-electron chi connectivity index (χ1n) is 10.6. The molecule has 1 unspecified atom stereocenters. The van der Waals surface area contributed by atoms with Gasteiger partial charge in [0.2, 0.25) is 5.91 Å². The number of hydrogen-bond acceptors (Lipinski definition) is 5. The molecule has 30 heavy (non-hydrogen) atoms. The predicted molar refractivity (Wildman–Crippen MR) is 111 cm³/mol. The van der Waals surface area contributed by atoms with Crippen molar-refractivity contribution in [3.05, 3.63) is 29.8 Å². The second-order valence-corrected chi connectivity index (χ2v) is 8.87. The Balaban J connectivity index is 1.42. The smallest absolute Gasteiger partial charge is 0.261 e. The van der Waals surface area contributed by atoms with Crippen molar-refractivity contribution in [2.45, 2.75) is 44.8 Å². The lowest BCUT2D eigenvalue weighted by Gasteiger charge is -2.38. The Kier molecular flexibility index (Phi) is 7.31. The summed E-state index contributed by atoms with van der Waals surface area (Å²) in [7, 11) is 1.66. The highest BCUT2D eigenvalue weighted by Gasteiger charge is 2.38. The van der Waals surface area contributed by atoms with Gasteiger partial charge >= 0.3 is 0 Å².